The zero-order valence-electron chi connectivity index (χ0n) is 21.8. The van der Waals surface area contributed by atoms with Crippen molar-refractivity contribution in [3.05, 3.63) is 41.5 Å². The predicted octanol–water partition coefficient (Wildman–Crippen LogP) is 9.45. The van der Waals surface area contributed by atoms with Crippen molar-refractivity contribution in [2.45, 2.75) is 134 Å². The fourth-order valence-corrected chi connectivity index (χ4v) is 5.44. The van der Waals surface area contributed by atoms with Gasteiger partial charge in [-0.1, -0.05) is 122 Å². The molecule has 0 saturated heterocycles. The summed E-state index contributed by atoms with van der Waals surface area (Å²) in [7, 11) is -4.19. The summed E-state index contributed by atoms with van der Waals surface area (Å²) in [6.07, 6.45) is 22.9. The van der Waals surface area contributed by atoms with Gasteiger partial charge in [0.05, 0.1) is 4.90 Å². The molecule has 0 radical (unpaired) electrons. The monoisotopic (exact) mass is 488 g/mol. The second kappa shape index (κ2) is 16.3. The zero-order chi connectivity index (χ0) is 24.7. The van der Waals surface area contributed by atoms with E-state index >= 15 is 0 Å². The molecule has 4 heteroatoms. The number of unbranched alkanes of at least 4 members (excludes halogenated alkanes) is 14. The van der Waals surface area contributed by atoms with E-state index in [1.54, 1.807) is 6.07 Å². The first-order chi connectivity index (χ1) is 16.5. The average molecular weight is 489 g/mol. The van der Waals surface area contributed by atoms with Crippen LogP contribution in [-0.4, -0.2) is 13.0 Å². The van der Waals surface area contributed by atoms with Gasteiger partial charge >= 0.3 is 0 Å². The lowest BCUT2D eigenvalue weighted by molar-refractivity contribution is 0.483. The Morgan fingerprint density at radius 1 is 0.618 bits per heavy atom. The lowest BCUT2D eigenvalue weighted by Gasteiger charge is -2.12. The zero-order valence-corrected chi connectivity index (χ0v) is 22.6. The van der Waals surface area contributed by atoms with Crippen LogP contribution in [0.4, 0.5) is 0 Å². The maximum Gasteiger partial charge on any atom is 0.294 e. The molecule has 2 aromatic rings. The number of rotatable bonds is 19. The minimum Gasteiger partial charge on any atom is -0.282 e. The fourth-order valence-electron chi connectivity index (χ4n) is 4.92. The third-order valence-electron chi connectivity index (χ3n) is 6.99. The Labute approximate surface area is 209 Å². The number of benzene rings is 2. The highest BCUT2D eigenvalue weighted by molar-refractivity contribution is 7.85. The van der Waals surface area contributed by atoms with E-state index < -0.39 is 10.1 Å². The van der Waals surface area contributed by atoms with Crippen molar-refractivity contribution in [3.8, 4) is 0 Å². The Balaban J connectivity index is 1.97. The summed E-state index contributed by atoms with van der Waals surface area (Å²) in [5.41, 5.74) is 2.61. The first-order valence-electron chi connectivity index (χ1n) is 14.0. The van der Waals surface area contributed by atoms with E-state index in [4.69, 9.17) is 0 Å². The van der Waals surface area contributed by atoms with E-state index in [9.17, 15) is 13.0 Å². The van der Waals surface area contributed by atoms with E-state index in [0.717, 1.165) is 23.6 Å². The standard InChI is InChI=1S/C30H48O3S/c1-3-5-7-9-11-13-15-17-19-26-23-27(20-18-16-14-12-10-8-6-4-2)30-22-21-29(34(31,32)33)25-28(30)24-26/h21-25H,3-20H2,1-2H3,(H,31,32,33). The van der Waals surface area contributed by atoms with E-state index in [1.165, 1.54) is 120 Å². The summed E-state index contributed by atoms with van der Waals surface area (Å²) >= 11 is 0. The number of aryl methyl sites for hydroxylation is 2. The smallest absolute Gasteiger partial charge is 0.282 e. The van der Waals surface area contributed by atoms with Crippen LogP contribution in [0.1, 0.15) is 128 Å². The van der Waals surface area contributed by atoms with Crippen molar-refractivity contribution in [1.82, 2.24) is 0 Å². The quantitative estimate of drug-likeness (QED) is 0.158. The van der Waals surface area contributed by atoms with Gasteiger partial charge in [0, 0.05) is 0 Å². The van der Waals surface area contributed by atoms with Gasteiger partial charge in [0.25, 0.3) is 10.1 Å². The minimum atomic E-state index is -4.19. The molecule has 1 N–H and O–H groups in total. The SMILES string of the molecule is CCCCCCCCCCc1cc(CCCCCCCCCC)c2ccc(S(=O)(=O)O)cc2c1. The first-order valence-corrected chi connectivity index (χ1v) is 15.4. The Bertz CT molecular complexity index is 933. The normalized spacial score (nSPS) is 12.0. The summed E-state index contributed by atoms with van der Waals surface area (Å²) < 4.78 is 32.9. The van der Waals surface area contributed by atoms with Gasteiger partial charge in [-0.25, -0.2) is 0 Å². The maximum absolute atomic E-state index is 11.7. The van der Waals surface area contributed by atoms with Gasteiger partial charge in [-0.3, -0.25) is 4.55 Å². The molecule has 2 aromatic carbocycles. The Morgan fingerprint density at radius 2 is 1.12 bits per heavy atom. The van der Waals surface area contributed by atoms with Gasteiger partial charge in [-0.15, -0.1) is 0 Å². The summed E-state index contributed by atoms with van der Waals surface area (Å²) in [6, 6.07) is 9.52. The van der Waals surface area contributed by atoms with Crippen LogP contribution in [0, 0.1) is 0 Å². The molecule has 0 bridgehead atoms. The van der Waals surface area contributed by atoms with Crippen LogP contribution in [0.2, 0.25) is 0 Å². The molecule has 0 aromatic heterocycles. The lowest BCUT2D eigenvalue weighted by Crippen LogP contribution is -1.99. The van der Waals surface area contributed by atoms with Crippen molar-refractivity contribution >= 4 is 20.9 Å². The van der Waals surface area contributed by atoms with E-state index in [2.05, 4.69) is 26.0 Å². The van der Waals surface area contributed by atoms with Gasteiger partial charge in [-0.2, -0.15) is 8.42 Å². The van der Waals surface area contributed by atoms with E-state index in [0.29, 0.717) is 0 Å². The van der Waals surface area contributed by atoms with Crippen LogP contribution < -0.4 is 0 Å². The van der Waals surface area contributed by atoms with Crippen molar-refractivity contribution in [2.24, 2.45) is 0 Å². The summed E-state index contributed by atoms with van der Waals surface area (Å²) in [5.74, 6) is 0. The van der Waals surface area contributed by atoms with Crippen LogP contribution in [-0.2, 0) is 23.0 Å². The molecule has 0 amide bonds. The Hall–Kier alpha value is -1.39. The average Bonchev–Trinajstić information content (AvgIpc) is 2.81. The van der Waals surface area contributed by atoms with Gasteiger partial charge in [0.2, 0.25) is 0 Å². The molecule has 0 unspecified atom stereocenters. The maximum atomic E-state index is 11.7. The van der Waals surface area contributed by atoms with Crippen molar-refractivity contribution < 1.29 is 13.0 Å². The molecule has 192 valence electrons. The van der Waals surface area contributed by atoms with Crippen LogP contribution in [0.25, 0.3) is 10.8 Å². The largest absolute Gasteiger partial charge is 0.294 e. The van der Waals surface area contributed by atoms with Crippen LogP contribution in [0.5, 0.6) is 0 Å². The molecule has 0 fully saturated rings. The van der Waals surface area contributed by atoms with Crippen LogP contribution in [0.3, 0.4) is 0 Å². The lowest BCUT2D eigenvalue weighted by atomic mass is 9.94. The molecular formula is C30H48O3S. The van der Waals surface area contributed by atoms with Crippen LogP contribution in [0.15, 0.2) is 35.2 Å². The molecule has 0 heterocycles. The molecule has 0 aliphatic carbocycles. The van der Waals surface area contributed by atoms with Gasteiger partial charge in [0.1, 0.15) is 0 Å². The molecule has 0 saturated carbocycles. The third kappa shape index (κ3) is 10.9. The van der Waals surface area contributed by atoms with Crippen molar-refractivity contribution in [1.29, 1.82) is 0 Å². The molecule has 0 aliphatic heterocycles. The predicted molar refractivity (Wildman–Crippen MR) is 146 cm³/mol. The highest BCUT2D eigenvalue weighted by Crippen LogP contribution is 2.27. The van der Waals surface area contributed by atoms with Crippen LogP contribution >= 0.6 is 0 Å². The minimum absolute atomic E-state index is 0.0118. The molecule has 34 heavy (non-hydrogen) atoms. The summed E-state index contributed by atoms with van der Waals surface area (Å²) in [4.78, 5) is -0.0118. The van der Waals surface area contributed by atoms with Crippen molar-refractivity contribution in [3.63, 3.8) is 0 Å². The number of hydrogen-bond acceptors (Lipinski definition) is 2. The highest BCUT2D eigenvalue weighted by atomic mass is 32.2. The number of fused-ring (bicyclic) bond motifs is 1. The summed E-state index contributed by atoms with van der Waals surface area (Å²) in [5, 5.41) is 2.05. The highest BCUT2D eigenvalue weighted by Gasteiger charge is 2.12. The molecule has 2 rings (SSSR count). The first kappa shape index (κ1) is 28.8. The van der Waals surface area contributed by atoms with E-state index in [1.807, 2.05) is 6.07 Å². The van der Waals surface area contributed by atoms with Gasteiger partial charge < -0.3 is 0 Å². The second-order valence-corrected chi connectivity index (χ2v) is 11.5. The molecule has 3 nitrogen and oxygen atoms in total. The van der Waals surface area contributed by atoms with Gasteiger partial charge in [-0.05, 0) is 59.7 Å². The second-order valence-electron chi connectivity index (χ2n) is 10.1. The fraction of sp³-hybridized carbons (Fsp3) is 0.667. The third-order valence-corrected chi connectivity index (χ3v) is 7.84. The number of hydrogen-bond donors (Lipinski definition) is 1. The van der Waals surface area contributed by atoms with Crippen molar-refractivity contribution in [2.75, 3.05) is 0 Å². The Morgan fingerprint density at radius 3 is 1.65 bits per heavy atom. The Kier molecular flexibility index (Phi) is 13.8. The topological polar surface area (TPSA) is 54.4 Å². The molecule has 0 atom stereocenters. The molecule has 0 aliphatic rings. The van der Waals surface area contributed by atoms with E-state index in [-0.39, 0.29) is 4.90 Å². The van der Waals surface area contributed by atoms with Gasteiger partial charge in [0.15, 0.2) is 0 Å². The molecule has 0 spiro atoms. The summed E-state index contributed by atoms with van der Waals surface area (Å²) in [6.45, 7) is 4.51. The molecular weight excluding hydrogens is 440 g/mol.